The van der Waals surface area contributed by atoms with Gasteiger partial charge in [0.05, 0.1) is 6.20 Å². The Kier molecular flexibility index (Phi) is 3.87. The van der Waals surface area contributed by atoms with Crippen molar-refractivity contribution < 1.29 is 9.21 Å². The molecule has 1 amide bonds. The van der Waals surface area contributed by atoms with E-state index in [1.807, 2.05) is 31.2 Å². The first-order valence-corrected chi connectivity index (χ1v) is 8.76. The van der Waals surface area contributed by atoms with Crippen molar-refractivity contribution in [1.82, 2.24) is 15.6 Å². The van der Waals surface area contributed by atoms with Crippen LogP contribution in [0.2, 0.25) is 0 Å². The minimum absolute atomic E-state index is 0.0106. The van der Waals surface area contributed by atoms with Crippen molar-refractivity contribution in [3.8, 4) is 0 Å². The van der Waals surface area contributed by atoms with Gasteiger partial charge >= 0.3 is 0 Å². The zero-order valence-corrected chi connectivity index (χ0v) is 13.7. The lowest BCUT2D eigenvalue weighted by Gasteiger charge is -2.21. The maximum Gasteiger partial charge on any atom is 0.251 e. The molecule has 0 spiro atoms. The van der Waals surface area contributed by atoms with Gasteiger partial charge in [0.2, 0.25) is 0 Å². The quantitative estimate of drug-likeness (QED) is 0.903. The zero-order chi connectivity index (χ0) is 15.8. The molecule has 0 saturated carbocycles. The molecule has 2 saturated heterocycles. The molecular formula is C17H19N3O2S. The van der Waals surface area contributed by atoms with E-state index in [1.54, 1.807) is 6.20 Å². The Hall–Kier alpha value is -1.79. The van der Waals surface area contributed by atoms with Crippen molar-refractivity contribution in [1.29, 1.82) is 0 Å². The summed E-state index contributed by atoms with van der Waals surface area (Å²) < 4.78 is 5.45. The zero-order valence-electron chi connectivity index (χ0n) is 12.9. The number of oxazole rings is 1. The molecule has 2 aromatic rings. The number of nitrogens with zero attached hydrogens (tertiary/aromatic N) is 1. The van der Waals surface area contributed by atoms with Crippen LogP contribution in [0.3, 0.4) is 0 Å². The van der Waals surface area contributed by atoms with Crippen molar-refractivity contribution >= 4 is 17.7 Å². The van der Waals surface area contributed by atoms with Crippen LogP contribution < -0.4 is 10.6 Å². The molecule has 0 aliphatic carbocycles. The van der Waals surface area contributed by atoms with Gasteiger partial charge in [-0.15, -0.1) is 0 Å². The first kappa shape index (κ1) is 14.8. The van der Waals surface area contributed by atoms with E-state index in [0.717, 1.165) is 16.4 Å². The fraction of sp³-hybridized carbons (Fsp3) is 0.412. The van der Waals surface area contributed by atoms with E-state index in [2.05, 4.69) is 15.6 Å². The van der Waals surface area contributed by atoms with Gasteiger partial charge in [0.15, 0.2) is 11.0 Å². The molecule has 1 aromatic heterocycles. The third-order valence-electron chi connectivity index (χ3n) is 4.55. The van der Waals surface area contributed by atoms with E-state index < -0.39 is 0 Å². The lowest BCUT2D eigenvalue weighted by molar-refractivity contribution is 0.0931. The summed E-state index contributed by atoms with van der Waals surface area (Å²) in [4.78, 5) is 17.5. The average molecular weight is 329 g/mol. The molecule has 3 atom stereocenters. The van der Waals surface area contributed by atoms with E-state index in [1.165, 1.54) is 24.6 Å². The lowest BCUT2D eigenvalue weighted by Crippen LogP contribution is -2.42. The van der Waals surface area contributed by atoms with Crippen molar-refractivity contribution in [2.75, 3.05) is 0 Å². The molecule has 2 fully saturated rings. The molecule has 120 valence electrons. The molecule has 4 rings (SSSR count). The number of aromatic nitrogens is 1. The fourth-order valence-electron chi connectivity index (χ4n) is 3.41. The number of hydrogen-bond acceptors (Lipinski definition) is 5. The summed E-state index contributed by atoms with van der Waals surface area (Å²) in [6, 6.07) is 8.92. The molecule has 2 N–H and O–H groups in total. The van der Waals surface area contributed by atoms with Crippen LogP contribution in [0.5, 0.6) is 0 Å². The second-order valence-corrected chi connectivity index (χ2v) is 7.27. The number of hydrogen-bond donors (Lipinski definition) is 2. The fourth-order valence-corrected chi connectivity index (χ4v) is 4.19. The minimum atomic E-state index is 0.0106. The van der Waals surface area contributed by atoms with Gasteiger partial charge < -0.3 is 15.1 Å². The van der Waals surface area contributed by atoms with Crippen LogP contribution in [0.4, 0.5) is 0 Å². The number of carbonyl (C=O) groups is 1. The van der Waals surface area contributed by atoms with E-state index in [4.69, 9.17) is 4.42 Å². The summed E-state index contributed by atoms with van der Waals surface area (Å²) in [5.74, 6) is 0.666. The van der Waals surface area contributed by atoms with Gasteiger partial charge in [-0.05, 0) is 43.5 Å². The molecule has 2 aliphatic heterocycles. The molecule has 2 aliphatic rings. The average Bonchev–Trinajstić information content (AvgIpc) is 3.25. The minimum Gasteiger partial charge on any atom is -0.434 e. The summed E-state index contributed by atoms with van der Waals surface area (Å²) in [6.07, 6.45) is 5.17. The van der Waals surface area contributed by atoms with E-state index in [-0.39, 0.29) is 11.9 Å². The van der Waals surface area contributed by atoms with Crippen molar-refractivity contribution in [3.63, 3.8) is 0 Å². The Morgan fingerprint density at radius 1 is 1.35 bits per heavy atom. The first-order valence-electron chi connectivity index (χ1n) is 7.94. The Morgan fingerprint density at radius 2 is 2.17 bits per heavy atom. The number of nitrogens with one attached hydrogen (secondary N) is 2. The molecule has 3 heterocycles. The van der Waals surface area contributed by atoms with Crippen molar-refractivity contribution in [3.05, 3.63) is 41.9 Å². The third-order valence-corrected chi connectivity index (χ3v) is 5.45. The van der Waals surface area contributed by atoms with Gasteiger partial charge in [0.25, 0.3) is 5.91 Å². The highest BCUT2D eigenvalue weighted by molar-refractivity contribution is 7.99. The molecule has 6 heteroatoms. The summed E-state index contributed by atoms with van der Waals surface area (Å²) in [7, 11) is 0. The Morgan fingerprint density at radius 3 is 2.78 bits per heavy atom. The van der Waals surface area contributed by atoms with Gasteiger partial charge in [0.1, 0.15) is 0 Å². The van der Waals surface area contributed by atoms with Crippen LogP contribution in [0.1, 0.15) is 35.5 Å². The number of carbonyl (C=O) groups excluding carboxylic acids is 1. The predicted molar refractivity (Wildman–Crippen MR) is 87.6 cm³/mol. The number of benzene rings is 1. The molecular weight excluding hydrogens is 310 g/mol. The molecule has 0 radical (unpaired) electrons. The van der Waals surface area contributed by atoms with Crippen molar-refractivity contribution in [2.45, 2.75) is 54.3 Å². The maximum atomic E-state index is 12.4. The Labute approximate surface area is 139 Å². The topological polar surface area (TPSA) is 67.2 Å². The van der Waals surface area contributed by atoms with Crippen LogP contribution in [-0.2, 0) is 0 Å². The van der Waals surface area contributed by atoms with Crippen LogP contribution in [0, 0.1) is 6.92 Å². The van der Waals surface area contributed by atoms with Gasteiger partial charge in [-0.25, -0.2) is 4.98 Å². The second kappa shape index (κ2) is 6.02. The van der Waals surface area contributed by atoms with E-state index in [9.17, 15) is 4.79 Å². The highest BCUT2D eigenvalue weighted by Gasteiger charge is 2.39. The standard InChI is InChI=1S/C17H19N3O2S/c1-10-18-9-16(22-10)23-13-5-2-11(3-6-13)17(21)20-15-8-12-4-7-14(15)19-12/h2-3,5-6,9,12,14-15,19H,4,7-8H2,1H3,(H,20,21). The Bertz CT molecular complexity index is 713. The molecule has 3 unspecified atom stereocenters. The van der Waals surface area contributed by atoms with E-state index in [0.29, 0.717) is 23.5 Å². The SMILES string of the molecule is Cc1ncc(Sc2ccc(C(=O)NC3CC4CCC3N4)cc2)o1. The summed E-state index contributed by atoms with van der Waals surface area (Å²) in [6.45, 7) is 1.82. The number of amides is 1. The van der Waals surface area contributed by atoms with Gasteiger partial charge in [-0.2, -0.15) is 0 Å². The number of rotatable bonds is 4. The molecule has 23 heavy (non-hydrogen) atoms. The van der Waals surface area contributed by atoms with Gasteiger partial charge in [-0.3, -0.25) is 4.79 Å². The molecule has 1 aromatic carbocycles. The number of aryl methyl sites for hydroxylation is 1. The van der Waals surface area contributed by atoms with Crippen molar-refractivity contribution in [2.24, 2.45) is 0 Å². The molecule has 2 bridgehead atoms. The van der Waals surface area contributed by atoms with Crippen LogP contribution in [0.15, 0.2) is 44.9 Å². The van der Waals surface area contributed by atoms with E-state index >= 15 is 0 Å². The van der Waals surface area contributed by atoms with Gasteiger partial charge in [-0.1, -0.05) is 11.8 Å². The lowest BCUT2D eigenvalue weighted by atomic mass is 9.95. The second-order valence-electron chi connectivity index (χ2n) is 6.19. The normalized spacial score (nSPS) is 25.7. The number of fused-ring (bicyclic) bond motifs is 2. The third kappa shape index (κ3) is 3.14. The summed E-state index contributed by atoms with van der Waals surface area (Å²) >= 11 is 1.50. The highest BCUT2D eigenvalue weighted by Crippen LogP contribution is 2.29. The largest absolute Gasteiger partial charge is 0.434 e. The van der Waals surface area contributed by atoms with Crippen LogP contribution in [-0.4, -0.2) is 29.0 Å². The smallest absolute Gasteiger partial charge is 0.251 e. The van der Waals surface area contributed by atoms with Crippen LogP contribution >= 0.6 is 11.8 Å². The highest BCUT2D eigenvalue weighted by atomic mass is 32.2. The van der Waals surface area contributed by atoms with Crippen LogP contribution in [0.25, 0.3) is 0 Å². The van der Waals surface area contributed by atoms with Gasteiger partial charge in [0, 0.05) is 35.5 Å². The Balaban J connectivity index is 1.38. The first-order chi connectivity index (χ1) is 11.2. The summed E-state index contributed by atoms with van der Waals surface area (Å²) in [5.41, 5.74) is 0.700. The monoisotopic (exact) mass is 329 g/mol. The maximum absolute atomic E-state index is 12.4. The molecule has 5 nitrogen and oxygen atoms in total. The predicted octanol–water partition coefficient (Wildman–Crippen LogP) is 2.76. The summed E-state index contributed by atoms with van der Waals surface area (Å²) in [5, 5.41) is 7.46.